The first-order valence-corrected chi connectivity index (χ1v) is 8.65. The lowest BCUT2D eigenvalue weighted by atomic mass is 10.1. The van der Waals surface area contributed by atoms with Crippen molar-refractivity contribution < 1.29 is 0 Å². The average Bonchev–Trinajstić information content (AvgIpc) is 2.68. The van der Waals surface area contributed by atoms with Crippen molar-refractivity contribution >= 4 is 0 Å². The number of rotatable bonds is 3. The van der Waals surface area contributed by atoms with Crippen molar-refractivity contribution in [3.8, 4) is 34.2 Å². The number of aromatic nitrogens is 3. The lowest BCUT2D eigenvalue weighted by molar-refractivity contribution is 1.07. The highest BCUT2D eigenvalue weighted by molar-refractivity contribution is 5.66. The summed E-state index contributed by atoms with van der Waals surface area (Å²) in [5.41, 5.74) is 5.38. The fraction of sp³-hybridized carbons (Fsp3) is 0.0870. The standard InChI is InChI=1S/C23H19N3/c1-16-13-17(2)15-20(14-16)23-25-21(18-9-5-3-6-10-18)24-22(26-23)19-11-7-4-8-12-19/h3-15H,1-2H3. The van der Waals surface area contributed by atoms with Crippen LogP contribution in [-0.2, 0) is 0 Å². The minimum absolute atomic E-state index is 0.689. The van der Waals surface area contributed by atoms with Gasteiger partial charge >= 0.3 is 0 Å². The summed E-state index contributed by atoms with van der Waals surface area (Å²) in [5.74, 6) is 2.08. The second-order valence-corrected chi connectivity index (χ2v) is 6.41. The number of benzene rings is 3. The number of hydrogen-bond acceptors (Lipinski definition) is 3. The lowest BCUT2D eigenvalue weighted by Crippen LogP contribution is -2.00. The highest BCUT2D eigenvalue weighted by Crippen LogP contribution is 2.25. The molecule has 3 aromatic carbocycles. The predicted molar refractivity (Wildman–Crippen MR) is 106 cm³/mol. The molecule has 0 unspecified atom stereocenters. The molecule has 4 aromatic rings. The topological polar surface area (TPSA) is 38.7 Å². The Balaban J connectivity index is 1.93. The first-order chi connectivity index (χ1) is 12.7. The molecule has 0 saturated heterocycles. The van der Waals surface area contributed by atoms with E-state index in [0.717, 1.165) is 16.7 Å². The predicted octanol–water partition coefficient (Wildman–Crippen LogP) is 5.49. The Hall–Kier alpha value is -3.33. The van der Waals surface area contributed by atoms with E-state index in [2.05, 4.69) is 32.0 Å². The van der Waals surface area contributed by atoms with Gasteiger partial charge in [0.15, 0.2) is 17.5 Å². The molecule has 3 nitrogen and oxygen atoms in total. The molecule has 26 heavy (non-hydrogen) atoms. The normalized spacial score (nSPS) is 10.7. The van der Waals surface area contributed by atoms with E-state index in [4.69, 9.17) is 15.0 Å². The van der Waals surface area contributed by atoms with Crippen molar-refractivity contribution in [2.24, 2.45) is 0 Å². The molecule has 0 aliphatic heterocycles. The van der Waals surface area contributed by atoms with Crippen LogP contribution < -0.4 is 0 Å². The molecule has 0 amide bonds. The van der Waals surface area contributed by atoms with Gasteiger partial charge in [0, 0.05) is 16.7 Å². The molecule has 1 heterocycles. The van der Waals surface area contributed by atoms with Crippen molar-refractivity contribution in [2.75, 3.05) is 0 Å². The highest BCUT2D eigenvalue weighted by Gasteiger charge is 2.12. The maximum atomic E-state index is 4.76. The van der Waals surface area contributed by atoms with Crippen LogP contribution in [0.2, 0.25) is 0 Å². The highest BCUT2D eigenvalue weighted by atomic mass is 15.0. The quantitative estimate of drug-likeness (QED) is 0.496. The smallest absolute Gasteiger partial charge is 0.164 e. The van der Waals surface area contributed by atoms with Crippen LogP contribution in [0.5, 0.6) is 0 Å². The third-order valence-electron chi connectivity index (χ3n) is 4.18. The van der Waals surface area contributed by atoms with E-state index >= 15 is 0 Å². The monoisotopic (exact) mass is 337 g/mol. The largest absolute Gasteiger partial charge is 0.208 e. The molecular weight excluding hydrogens is 318 g/mol. The van der Waals surface area contributed by atoms with Gasteiger partial charge in [0.05, 0.1) is 0 Å². The van der Waals surface area contributed by atoms with Gasteiger partial charge in [0.25, 0.3) is 0 Å². The van der Waals surface area contributed by atoms with E-state index < -0.39 is 0 Å². The van der Waals surface area contributed by atoms with Crippen LogP contribution in [0.1, 0.15) is 11.1 Å². The maximum Gasteiger partial charge on any atom is 0.164 e. The third-order valence-corrected chi connectivity index (χ3v) is 4.18. The van der Waals surface area contributed by atoms with E-state index in [1.807, 2.05) is 60.7 Å². The Bertz CT molecular complexity index is 964. The summed E-state index contributed by atoms with van der Waals surface area (Å²) in [5, 5.41) is 0. The Kier molecular flexibility index (Phi) is 4.28. The molecule has 0 atom stereocenters. The van der Waals surface area contributed by atoms with Crippen LogP contribution in [0.15, 0.2) is 78.9 Å². The second-order valence-electron chi connectivity index (χ2n) is 6.41. The number of aryl methyl sites for hydroxylation is 2. The van der Waals surface area contributed by atoms with Gasteiger partial charge in [-0.15, -0.1) is 0 Å². The van der Waals surface area contributed by atoms with Gasteiger partial charge in [-0.25, -0.2) is 15.0 Å². The van der Waals surface area contributed by atoms with E-state index in [9.17, 15) is 0 Å². The van der Waals surface area contributed by atoms with E-state index in [0.29, 0.717) is 17.5 Å². The fourth-order valence-electron chi connectivity index (χ4n) is 3.04. The van der Waals surface area contributed by atoms with Gasteiger partial charge in [-0.1, -0.05) is 77.9 Å². The average molecular weight is 337 g/mol. The van der Waals surface area contributed by atoms with Gasteiger partial charge in [0.2, 0.25) is 0 Å². The van der Waals surface area contributed by atoms with Crippen LogP contribution in [0.3, 0.4) is 0 Å². The molecule has 0 aliphatic rings. The van der Waals surface area contributed by atoms with E-state index in [-0.39, 0.29) is 0 Å². The Morgan fingerprint density at radius 1 is 0.462 bits per heavy atom. The summed E-state index contributed by atoms with van der Waals surface area (Å²) in [6.07, 6.45) is 0. The van der Waals surface area contributed by atoms with Crippen molar-refractivity contribution in [3.63, 3.8) is 0 Å². The second kappa shape index (κ2) is 6.89. The molecule has 0 saturated carbocycles. The van der Waals surface area contributed by atoms with Gasteiger partial charge in [0.1, 0.15) is 0 Å². The van der Waals surface area contributed by atoms with E-state index in [1.54, 1.807) is 0 Å². The molecule has 126 valence electrons. The Morgan fingerprint density at radius 2 is 0.846 bits per heavy atom. The van der Waals surface area contributed by atoms with Crippen LogP contribution in [-0.4, -0.2) is 15.0 Å². The molecule has 0 radical (unpaired) electrons. The summed E-state index contributed by atoms with van der Waals surface area (Å²) in [6.45, 7) is 4.18. The summed E-state index contributed by atoms with van der Waals surface area (Å²) in [4.78, 5) is 14.2. The molecule has 0 N–H and O–H groups in total. The number of hydrogen-bond donors (Lipinski definition) is 0. The SMILES string of the molecule is Cc1cc(C)cc(-c2nc(-c3ccccc3)nc(-c3ccccc3)n2)c1. The molecular formula is C23H19N3. The first-order valence-electron chi connectivity index (χ1n) is 8.65. The summed E-state index contributed by atoms with van der Waals surface area (Å²) >= 11 is 0. The van der Waals surface area contributed by atoms with Crippen molar-refractivity contribution in [1.29, 1.82) is 0 Å². The van der Waals surface area contributed by atoms with Crippen molar-refractivity contribution in [2.45, 2.75) is 13.8 Å². The van der Waals surface area contributed by atoms with Crippen molar-refractivity contribution in [1.82, 2.24) is 15.0 Å². The van der Waals surface area contributed by atoms with Crippen LogP contribution >= 0.6 is 0 Å². The zero-order valence-electron chi connectivity index (χ0n) is 14.8. The number of nitrogens with zero attached hydrogens (tertiary/aromatic N) is 3. The van der Waals surface area contributed by atoms with Crippen LogP contribution in [0, 0.1) is 13.8 Å². The van der Waals surface area contributed by atoms with Crippen molar-refractivity contribution in [3.05, 3.63) is 90.0 Å². The van der Waals surface area contributed by atoms with E-state index in [1.165, 1.54) is 11.1 Å². The van der Waals surface area contributed by atoms with Crippen LogP contribution in [0.25, 0.3) is 34.2 Å². The molecule has 0 aliphatic carbocycles. The van der Waals surface area contributed by atoms with Crippen LogP contribution in [0.4, 0.5) is 0 Å². The molecule has 0 spiro atoms. The minimum Gasteiger partial charge on any atom is -0.208 e. The summed E-state index contributed by atoms with van der Waals surface area (Å²) < 4.78 is 0. The van der Waals surface area contributed by atoms with Gasteiger partial charge in [-0.05, 0) is 26.0 Å². The molecule has 0 fully saturated rings. The summed E-state index contributed by atoms with van der Waals surface area (Å²) in [6, 6.07) is 26.5. The zero-order chi connectivity index (χ0) is 17.9. The van der Waals surface area contributed by atoms with Gasteiger partial charge in [-0.3, -0.25) is 0 Å². The maximum absolute atomic E-state index is 4.76. The minimum atomic E-state index is 0.689. The molecule has 3 heteroatoms. The third kappa shape index (κ3) is 3.38. The molecule has 4 rings (SSSR count). The molecule has 1 aromatic heterocycles. The Labute approximate surface area is 153 Å². The molecule has 0 bridgehead atoms. The first kappa shape index (κ1) is 16.2. The zero-order valence-corrected chi connectivity index (χ0v) is 14.8. The van der Waals surface area contributed by atoms with Gasteiger partial charge < -0.3 is 0 Å². The fourth-order valence-corrected chi connectivity index (χ4v) is 3.04. The summed E-state index contributed by atoms with van der Waals surface area (Å²) in [7, 11) is 0. The van der Waals surface area contributed by atoms with Gasteiger partial charge in [-0.2, -0.15) is 0 Å². The lowest BCUT2D eigenvalue weighted by Gasteiger charge is -2.09. The Morgan fingerprint density at radius 3 is 1.27 bits per heavy atom.